The summed E-state index contributed by atoms with van der Waals surface area (Å²) in [6.45, 7) is 8.12. The molecule has 0 N–H and O–H groups in total. The van der Waals surface area contributed by atoms with E-state index in [4.69, 9.17) is 4.98 Å². The molecule has 0 bridgehead atoms. The van der Waals surface area contributed by atoms with Gasteiger partial charge < -0.3 is 4.67 Å². The predicted octanol–water partition coefficient (Wildman–Crippen LogP) is 5.23. The number of fused-ring (bicyclic) bond motifs is 1. The fourth-order valence-corrected chi connectivity index (χ4v) is 3.72. The first-order valence-electron chi connectivity index (χ1n) is 6.99. The van der Waals surface area contributed by atoms with Crippen molar-refractivity contribution in [3.8, 4) is 0 Å². The van der Waals surface area contributed by atoms with Crippen LogP contribution in [0, 0.1) is 6.92 Å². The lowest BCUT2D eigenvalue weighted by molar-refractivity contribution is 0.761. The highest BCUT2D eigenvalue weighted by atomic mass is 32.1. The lowest BCUT2D eigenvalue weighted by Gasteiger charge is -2.11. The fourth-order valence-electron chi connectivity index (χ4n) is 1.97. The summed E-state index contributed by atoms with van der Waals surface area (Å²) in [5.74, 6) is 0. The maximum atomic E-state index is 4.73. The highest BCUT2D eigenvalue weighted by molar-refractivity contribution is 7.35. The van der Waals surface area contributed by atoms with Crippen LogP contribution in [-0.4, -0.2) is 22.9 Å². The van der Waals surface area contributed by atoms with E-state index in [9.17, 15) is 0 Å². The second-order valence-corrected chi connectivity index (χ2v) is 7.55. The van der Waals surface area contributed by atoms with Gasteiger partial charge in [-0.1, -0.05) is 31.7 Å². The van der Waals surface area contributed by atoms with E-state index in [1.54, 1.807) is 11.3 Å². The molecular weight excluding hydrogens is 295 g/mol. The number of allylic oxidation sites excluding steroid dienone is 4. The average Bonchev–Trinajstić information content (AvgIpc) is 2.86. The third-order valence-electron chi connectivity index (χ3n) is 2.97. The van der Waals surface area contributed by atoms with Gasteiger partial charge in [0.15, 0.2) is 0 Å². The quantitative estimate of drug-likeness (QED) is 0.535. The summed E-state index contributed by atoms with van der Waals surface area (Å²) < 4.78 is 3.45. The van der Waals surface area contributed by atoms with Gasteiger partial charge in [0.2, 0.25) is 0 Å². The summed E-state index contributed by atoms with van der Waals surface area (Å²) >= 11 is 1.73. The summed E-state index contributed by atoms with van der Waals surface area (Å²) in [7, 11) is 2.92. The van der Waals surface area contributed by atoms with E-state index in [0.717, 1.165) is 24.8 Å². The average molecular weight is 316 g/mol. The van der Waals surface area contributed by atoms with Crippen LogP contribution in [-0.2, 0) is 0 Å². The Bertz CT molecular complexity index is 685. The first-order chi connectivity index (χ1) is 10.1. The van der Waals surface area contributed by atoms with Gasteiger partial charge in [0.1, 0.15) is 5.01 Å². The molecule has 1 aromatic carbocycles. The maximum Gasteiger partial charge on any atom is 0.124 e. The van der Waals surface area contributed by atoms with Gasteiger partial charge in [-0.3, -0.25) is 0 Å². The second-order valence-electron chi connectivity index (χ2n) is 4.79. The van der Waals surface area contributed by atoms with E-state index in [0.29, 0.717) is 0 Å². The SMILES string of the molecule is C=C/C=C(\C=C/N(C)PCC)c1nc2ccc(C)cc2s1. The molecule has 0 aliphatic heterocycles. The largest absolute Gasteiger partial charge is 0.362 e. The molecule has 2 rings (SSSR count). The van der Waals surface area contributed by atoms with Gasteiger partial charge in [0.05, 0.1) is 10.2 Å². The molecule has 0 radical (unpaired) electrons. The molecule has 0 amide bonds. The number of hydrogen-bond donors (Lipinski definition) is 0. The van der Waals surface area contributed by atoms with E-state index in [1.807, 2.05) is 12.2 Å². The van der Waals surface area contributed by atoms with Crippen molar-refractivity contribution in [3.63, 3.8) is 0 Å². The van der Waals surface area contributed by atoms with Crippen molar-refractivity contribution in [3.05, 3.63) is 59.8 Å². The molecule has 4 heteroatoms. The lowest BCUT2D eigenvalue weighted by Crippen LogP contribution is -1.96. The smallest absolute Gasteiger partial charge is 0.124 e. The third kappa shape index (κ3) is 4.26. The number of aryl methyl sites for hydroxylation is 1. The highest BCUT2D eigenvalue weighted by Gasteiger charge is 2.06. The minimum Gasteiger partial charge on any atom is -0.362 e. The Balaban J connectivity index is 2.32. The standard InChI is InChI=1S/C17H21N2PS/c1-5-7-14(10-11-19(4)20-6-2)17-18-15-9-8-13(3)12-16(15)21-17/h5,7-12,20H,1,6H2,2-4H3/b11-10-,14-7+. The number of benzene rings is 1. The summed E-state index contributed by atoms with van der Waals surface area (Å²) in [6, 6.07) is 6.38. The molecule has 0 aliphatic carbocycles. The first kappa shape index (κ1) is 15.9. The molecule has 1 atom stereocenters. The van der Waals surface area contributed by atoms with Gasteiger partial charge in [-0.2, -0.15) is 0 Å². The Kier molecular flexibility index (Phi) is 5.72. The van der Waals surface area contributed by atoms with E-state index in [-0.39, 0.29) is 0 Å². The number of nitrogens with zero attached hydrogens (tertiary/aromatic N) is 2. The Morgan fingerprint density at radius 3 is 3.00 bits per heavy atom. The first-order valence-corrected chi connectivity index (χ1v) is 8.96. The van der Waals surface area contributed by atoms with Crippen molar-refractivity contribution in [2.75, 3.05) is 13.2 Å². The molecule has 0 saturated heterocycles. The molecule has 1 aromatic heterocycles. The molecule has 0 spiro atoms. The van der Waals surface area contributed by atoms with Gasteiger partial charge in [0.25, 0.3) is 0 Å². The lowest BCUT2D eigenvalue weighted by atomic mass is 10.2. The van der Waals surface area contributed by atoms with Gasteiger partial charge in [-0.15, -0.1) is 11.3 Å². The minimum atomic E-state index is 0.813. The van der Waals surface area contributed by atoms with Gasteiger partial charge in [-0.05, 0) is 45.6 Å². The Morgan fingerprint density at radius 1 is 1.48 bits per heavy atom. The zero-order chi connectivity index (χ0) is 15.2. The molecule has 2 nitrogen and oxygen atoms in total. The van der Waals surface area contributed by atoms with Crippen LogP contribution in [0.25, 0.3) is 15.8 Å². The van der Waals surface area contributed by atoms with Crippen molar-refractivity contribution < 1.29 is 0 Å². The number of thiazole rings is 1. The fraction of sp³-hybridized carbons (Fsp3) is 0.235. The summed E-state index contributed by atoms with van der Waals surface area (Å²) in [4.78, 5) is 4.73. The topological polar surface area (TPSA) is 16.1 Å². The van der Waals surface area contributed by atoms with Crippen LogP contribution >= 0.6 is 20.1 Å². The van der Waals surface area contributed by atoms with Gasteiger partial charge in [0, 0.05) is 18.8 Å². The Morgan fingerprint density at radius 2 is 2.29 bits per heavy atom. The van der Waals surface area contributed by atoms with Crippen LogP contribution in [0.2, 0.25) is 0 Å². The third-order valence-corrected chi connectivity index (χ3v) is 5.00. The van der Waals surface area contributed by atoms with E-state index in [2.05, 4.69) is 62.6 Å². The number of hydrogen-bond acceptors (Lipinski definition) is 3. The van der Waals surface area contributed by atoms with Crippen LogP contribution in [0.1, 0.15) is 17.5 Å². The van der Waals surface area contributed by atoms with Crippen LogP contribution in [0.5, 0.6) is 0 Å². The van der Waals surface area contributed by atoms with E-state index in [1.165, 1.54) is 16.4 Å². The predicted molar refractivity (Wildman–Crippen MR) is 98.3 cm³/mol. The Hall–Kier alpha value is -1.44. The zero-order valence-electron chi connectivity index (χ0n) is 12.8. The van der Waals surface area contributed by atoms with Crippen LogP contribution in [0.15, 0.2) is 49.2 Å². The van der Waals surface area contributed by atoms with E-state index >= 15 is 0 Å². The second kappa shape index (κ2) is 7.53. The molecule has 0 saturated carbocycles. The normalized spacial score (nSPS) is 12.8. The number of rotatable bonds is 6. The van der Waals surface area contributed by atoms with Crippen molar-refractivity contribution in [1.82, 2.24) is 9.65 Å². The van der Waals surface area contributed by atoms with Crippen molar-refractivity contribution >= 4 is 35.9 Å². The van der Waals surface area contributed by atoms with Crippen molar-refractivity contribution in [2.24, 2.45) is 0 Å². The van der Waals surface area contributed by atoms with Crippen molar-refractivity contribution in [1.29, 1.82) is 0 Å². The van der Waals surface area contributed by atoms with Crippen LogP contribution < -0.4 is 0 Å². The summed E-state index contributed by atoms with van der Waals surface area (Å²) in [5, 5.41) is 1.04. The summed E-state index contributed by atoms with van der Waals surface area (Å²) in [5.41, 5.74) is 3.44. The highest BCUT2D eigenvalue weighted by Crippen LogP contribution is 2.29. The van der Waals surface area contributed by atoms with Gasteiger partial charge >= 0.3 is 0 Å². The maximum absolute atomic E-state index is 4.73. The molecule has 2 aromatic rings. The molecule has 1 heterocycles. The minimum absolute atomic E-state index is 0.813. The van der Waals surface area contributed by atoms with Crippen LogP contribution in [0.3, 0.4) is 0 Å². The van der Waals surface area contributed by atoms with Crippen molar-refractivity contribution in [2.45, 2.75) is 13.8 Å². The Labute approximate surface area is 132 Å². The molecule has 1 unspecified atom stereocenters. The molecular formula is C17H21N2PS. The summed E-state index contributed by atoms with van der Waals surface area (Å²) in [6.07, 6.45) is 9.24. The number of aromatic nitrogens is 1. The van der Waals surface area contributed by atoms with E-state index < -0.39 is 0 Å². The zero-order valence-corrected chi connectivity index (χ0v) is 14.6. The molecule has 0 fully saturated rings. The molecule has 21 heavy (non-hydrogen) atoms. The van der Waals surface area contributed by atoms with Gasteiger partial charge in [-0.25, -0.2) is 4.98 Å². The molecule has 110 valence electrons. The van der Waals surface area contributed by atoms with Crippen LogP contribution in [0.4, 0.5) is 0 Å². The molecule has 0 aliphatic rings. The monoisotopic (exact) mass is 316 g/mol.